The summed E-state index contributed by atoms with van der Waals surface area (Å²) in [7, 11) is 1.45. The number of hydrogen-bond acceptors (Lipinski definition) is 1. The Morgan fingerprint density at radius 2 is 2.00 bits per heavy atom. The van der Waals surface area contributed by atoms with Crippen LogP contribution in [0.2, 0.25) is 0 Å². The van der Waals surface area contributed by atoms with Crippen LogP contribution in [-0.4, -0.2) is 7.11 Å². The second kappa shape index (κ2) is 4.05. The van der Waals surface area contributed by atoms with E-state index in [4.69, 9.17) is 4.74 Å². The maximum atomic E-state index is 12.4. The first-order valence-corrected chi connectivity index (χ1v) is 4.47. The van der Waals surface area contributed by atoms with Gasteiger partial charge in [-0.15, -0.1) is 0 Å². The van der Waals surface area contributed by atoms with E-state index >= 15 is 0 Å². The van der Waals surface area contributed by atoms with Crippen molar-refractivity contribution in [2.75, 3.05) is 7.11 Å². The Labute approximate surface area is 83.8 Å². The second-order valence-corrected chi connectivity index (χ2v) is 3.50. The molecule has 0 heterocycles. The fourth-order valence-electron chi connectivity index (χ4n) is 1.06. The summed E-state index contributed by atoms with van der Waals surface area (Å²) < 4.78 is 30.4. The van der Waals surface area contributed by atoms with Crippen LogP contribution in [0, 0.1) is 6.92 Å². The van der Waals surface area contributed by atoms with Crippen molar-refractivity contribution < 1.29 is 13.5 Å². The lowest BCUT2D eigenvalue weighted by molar-refractivity contribution is 0.150. The summed E-state index contributed by atoms with van der Waals surface area (Å²) in [5, 5.41) is 0. The highest BCUT2D eigenvalue weighted by molar-refractivity contribution is 9.10. The summed E-state index contributed by atoms with van der Waals surface area (Å²) >= 11 is 3.22. The van der Waals surface area contributed by atoms with Gasteiger partial charge in [-0.25, -0.2) is 8.78 Å². The highest BCUT2D eigenvalue weighted by atomic mass is 79.9. The van der Waals surface area contributed by atoms with Gasteiger partial charge in [0.1, 0.15) is 5.75 Å². The predicted octanol–water partition coefficient (Wildman–Crippen LogP) is 3.70. The number of alkyl halides is 2. The molecule has 1 rings (SSSR count). The largest absolute Gasteiger partial charge is 0.496 e. The standard InChI is InChI=1S/C9H9BrF2O/c1-5-3-7(10)8(13-2)4-6(5)9(11)12/h3-4,9H,1-2H3. The van der Waals surface area contributed by atoms with Crippen molar-refractivity contribution >= 4 is 15.9 Å². The zero-order valence-corrected chi connectivity index (χ0v) is 8.86. The first kappa shape index (κ1) is 10.4. The van der Waals surface area contributed by atoms with Gasteiger partial charge in [0.25, 0.3) is 6.43 Å². The molecule has 0 radical (unpaired) electrons. The molecule has 0 unspecified atom stereocenters. The van der Waals surface area contributed by atoms with Crippen molar-refractivity contribution in [3.63, 3.8) is 0 Å². The third-order valence-electron chi connectivity index (χ3n) is 1.78. The highest BCUT2D eigenvalue weighted by Gasteiger charge is 2.13. The minimum absolute atomic E-state index is 0.0139. The smallest absolute Gasteiger partial charge is 0.264 e. The normalized spacial score (nSPS) is 10.6. The lowest BCUT2D eigenvalue weighted by atomic mass is 10.1. The van der Waals surface area contributed by atoms with Gasteiger partial charge in [-0.3, -0.25) is 0 Å². The number of benzene rings is 1. The molecule has 1 aromatic carbocycles. The number of rotatable bonds is 2. The lowest BCUT2D eigenvalue weighted by Crippen LogP contribution is -1.93. The molecule has 0 aliphatic rings. The molecule has 0 saturated carbocycles. The Bertz CT molecular complexity index is 313. The van der Waals surface area contributed by atoms with E-state index in [2.05, 4.69) is 15.9 Å². The van der Waals surface area contributed by atoms with Crippen molar-refractivity contribution in [1.82, 2.24) is 0 Å². The topological polar surface area (TPSA) is 9.23 Å². The molecule has 1 nitrogen and oxygen atoms in total. The number of ether oxygens (including phenoxy) is 1. The zero-order valence-electron chi connectivity index (χ0n) is 7.27. The molecule has 0 aromatic heterocycles. The van der Waals surface area contributed by atoms with Crippen LogP contribution in [0.3, 0.4) is 0 Å². The summed E-state index contributed by atoms with van der Waals surface area (Å²) in [5.74, 6) is 0.431. The van der Waals surface area contributed by atoms with Crippen LogP contribution in [0.25, 0.3) is 0 Å². The van der Waals surface area contributed by atoms with Crippen LogP contribution >= 0.6 is 15.9 Å². The average molecular weight is 251 g/mol. The van der Waals surface area contributed by atoms with Gasteiger partial charge in [-0.2, -0.15) is 0 Å². The first-order chi connectivity index (χ1) is 6.06. The summed E-state index contributed by atoms with van der Waals surface area (Å²) in [5.41, 5.74) is 0.572. The first-order valence-electron chi connectivity index (χ1n) is 3.68. The monoisotopic (exact) mass is 250 g/mol. The maximum Gasteiger partial charge on any atom is 0.264 e. The maximum absolute atomic E-state index is 12.4. The number of hydrogen-bond donors (Lipinski definition) is 0. The van der Waals surface area contributed by atoms with E-state index in [1.807, 2.05) is 0 Å². The van der Waals surface area contributed by atoms with Gasteiger partial charge in [-0.1, -0.05) is 0 Å². The van der Waals surface area contributed by atoms with Crippen molar-refractivity contribution in [1.29, 1.82) is 0 Å². The quantitative estimate of drug-likeness (QED) is 0.778. The van der Waals surface area contributed by atoms with Crippen molar-refractivity contribution in [2.24, 2.45) is 0 Å². The van der Waals surface area contributed by atoms with Gasteiger partial charge >= 0.3 is 0 Å². The van der Waals surface area contributed by atoms with E-state index in [0.717, 1.165) is 0 Å². The van der Waals surface area contributed by atoms with E-state index in [-0.39, 0.29) is 5.56 Å². The SMILES string of the molecule is COc1cc(C(F)F)c(C)cc1Br. The molecular formula is C9H9BrF2O. The molecule has 0 amide bonds. The van der Waals surface area contributed by atoms with Crippen molar-refractivity contribution in [3.05, 3.63) is 27.7 Å². The van der Waals surface area contributed by atoms with Crippen LogP contribution in [0.5, 0.6) is 5.75 Å². The van der Waals surface area contributed by atoms with Crippen LogP contribution in [0.1, 0.15) is 17.6 Å². The third-order valence-corrected chi connectivity index (χ3v) is 2.40. The Morgan fingerprint density at radius 3 is 2.46 bits per heavy atom. The van der Waals surface area contributed by atoms with Gasteiger partial charge in [0.15, 0.2) is 0 Å². The number of halogens is 3. The van der Waals surface area contributed by atoms with Crippen LogP contribution in [-0.2, 0) is 0 Å². The fraction of sp³-hybridized carbons (Fsp3) is 0.333. The van der Waals surface area contributed by atoms with Crippen LogP contribution in [0.15, 0.2) is 16.6 Å². The summed E-state index contributed by atoms with van der Waals surface area (Å²) in [6, 6.07) is 2.98. The summed E-state index contributed by atoms with van der Waals surface area (Å²) in [6.07, 6.45) is -2.46. The Balaban J connectivity index is 3.22. The fourth-order valence-corrected chi connectivity index (χ4v) is 1.68. The van der Waals surface area contributed by atoms with Gasteiger partial charge in [0, 0.05) is 5.56 Å². The molecule has 0 N–H and O–H groups in total. The number of aryl methyl sites for hydroxylation is 1. The lowest BCUT2D eigenvalue weighted by Gasteiger charge is -2.09. The molecule has 0 bridgehead atoms. The molecule has 72 valence electrons. The van der Waals surface area contributed by atoms with Crippen molar-refractivity contribution in [2.45, 2.75) is 13.3 Å². The van der Waals surface area contributed by atoms with E-state index in [9.17, 15) is 8.78 Å². The molecule has 4 heteroatoms. The average Bonchev–Trinajstić information content (AvgIpc) is 2.03. The minimum Gasteiger partial charge on any atom is -0.496 e. The van der Waals surface area contributed by atoms with Gasteiger partial charge in [0.05, 0.1) is 11.6 Å². The molecule has 0 aliphatic heterocycles. The minimum atomic E-state index is -2.46. The highest BCUT2D eigenvalue weighted by Crippen LogP contribution is 2.32. The molecule has 13 heavy (non-hydrogen) atoms. The zero-order chi connectivity index (χ0) is 10.0. The third kappa shape index (κ3) is 2.18. The molecular weight excluding hydrogens is 242 g/mol. The van der Waals surface area contributed by atoms with Gasteiger partial charge in [-0.05, 0) is 40.5 Å². The Hall–Kier alpha value is -0.640. The van der Waals surface area contributed by atoms with E-state index in [1.54, 1.807) is 13.0 Å². The van der Waals surface area contributed by atoms with E-state index < -0.39 is 6.43 Å². The van der Waals surface area contributed by atoms with Crippen LogP contribution in [0.4, 0.5) is 8.78 Å². The summed E-state index contributed by atoms with van der Waals surface area (Å²) in [4.78, 5) is 0. The van der Waals surface area contributed by atoms with Crippen LogP contribution < -0.4 is 4.74 Å². The number of methoxy groups -OCH3 is 1. The van der Waals surface area contributed by atoms with Gasteiger partial charge in [0.2, 0.25) is 0 Å². The molecule has 0 saturated heterocycles. The van der Waals surface area contributed by atoms with E-state index in [0.29, 0.717) is 15.8 Å². The van der Waals surface area contributed by atoms with Gasteiger partial charge < -0.3 is 4.74 Å². The van der Waals surface area contributed by atoms with E-state index in [1.165, 1.54) is 13.2 Å². The Kier molecular flexibility index (Phi) is 3.25. The van der Waals surface area contributed by atoms with Crippen molar-refractivity contribution in [3.8, 4) is 5.75 Å². The molecule has 1 aromatic rings. The molecule has 0 fully saturated rings. The Morgan fingerprint density at radius 1 is 1.38 bits per heavy atom. The molecule has 0 aliphatic carbocycles. The predicted molar refractivity (Wildman–Crippen MR) is 50.4 cm³/mol. The molecule has 0 spiro atoms. The molecule has 0 atom stereocenters. The summed E-state index contributed by atoms with van der Waals surface area (Å²) in [6.45, 7) is 1.64. The second-order valence-electron chi connectivity index (χ2n) is 2.64.